The van der Waals surface area contributed by atoms with Crippen LogP contribution in [0.1, 0.15) is 6.92 Å². The van der Waals surface area contributed by atoms with Crippen LogP contribution in [0.2, 0.25) is 0 Å². The van der Waals surface area contributed by atoms with Gasteiger partial charge in [0.15, 0.2) is 0 Å². The van der Waals surface area contributed by atoms with Gasteiger partial charge >= 0.3 is 0 Å². The molecule has 0 spiro atoms. The van der Waals surface area contributed by atoms with E-state index in [2.05, 4.69) is 18.4 Å². The van der Waals surface area contributed by atoms with Gasteiger partial charge in [0.05, 0.1) is 10.5 Å². The van der Waals surface area contributed by atoms with Crippen LogP contribution in [0.5, 0.6) is 0 Å². The zero-order valence-electron chi connectivity index (χ0n) is 5.78. The quantitative estimate of drug-likeness (QED) is 0.643. The molecule has 0 bridgehead atoms. The Morgan fingerprint density at radius 3 is 3.00 bits per heavy atom. The lowest BCUT2D eigenvalue weighted by atomic mass is 10.5. The molecule has 1 heterocycles. The highest BCUT2D eigenvalue weighted by molar-refractivity contribution is 7.79. The lowest BCUT2D eigenvalue weighted by molar-refractivity contribution is 1.10. The van der Waals surface area contributed by atoms with Crippen molar-refractivity contribution in [3.8, 4) is 0 Å². The summed E-state index contributed by atoms with van der Waals surface area (Å²) in [6.07, 6.45) is 0. The van der Waals surface area contributed by atoms with E-state index in [0.29, 0.717) is 0 Å². The van der Waals surface area contributed by atoms with Crippen LogP contribution in [0.3, 0.4) is 0 Å². The van der Waals surface area contributed by atoms with Crippen molar-refractivity contribution in [2.75, 3.05) is 11.4 Å². The Hall–Kier alpha value is -0.410. The summed E-state index contributed by atoms with van der Waals surface area (Å²) in [5.74, 6) is 0. The van der Waals surface area contributed by atoms with Crippen molar-refractivity contribution < 1.29 is 0 Å². The molecule has 0 N–H and O–H groups in total. The van der Waals surface area contributed by atoms with Gasteiger partial charge in [-0.1, -0.05) is 12.2 Å². The molecule has 1 aromatic rings. The molecule has 3 heteroatoms. The van der Waals surface area contributed by atoms with Crippen molar-refractivity contribution in [3.63, 3.8) is 0 Å². The maximum absolute atomic E-state index is 4.83. The normalized spacial score (nSPS) is 9.30. The molecule has 1 rings (SSSR count). The van der Waals surface area contributed by atoms with E-state index in [9.17, 15) is 0 Å². The third-order valence-corrected chi connectivity index (χ3v) is 2.42. The van der Waals surface area contributed by atoms with Gasteiger partial charge in [0.1, 0.15) is 0 Å². The highest BCUT2D eigenvalue weighted by Crippen LogP contribution is 2.19. The SMILES string of the molecule is CCN(C=S)c1cccs1. The van der Waals surface area contributed by atoms with Crippen LogP contribution in [0.4, 0.5) is 5.00 Å². The standard InChI is InChI=1S/C7H9NS2/c1-2-8(6-9)7-4-3-5-10-7/h3-6H,2H2,1H3. The second-order valence-electron chi connectivity index (χ2n) is 1.84. The van der Waals surface area contributed by atoms with Gasteiger partial charge in [-0.05, 0) is 24.4 Å². The fourth-order valence-electron chi connectivity index (χ4n) is 0.716. The molecule has 0 aromatic carbocycles. The summed E-state index contributed by atoms with van der Waals surface area (Å²) >= 11 is 6.54. The zero-order valence-corrected chi connectivity index (χ0v) is 7.41. The van der Waals surface area contributed by atoms with E-state index in [1.54, 1.807) is 16.8 Å². The van der Waals surface area contributed by atoms with E-state index in [4.69, 9.17) is 12.2 Å². The summed E-state index contributed by atoms with van der Waals surface area (Å²) in [5, 5.41) is 3.27. The minimum atomic E-state index is 0.948. The topological polar surface area (TPSA) is 3.24 Å². The number of hydrogen-bond donors (Lipinski definition) is 0. The maximum atomic E-state index is 4.83. The Morgan fingerprint density at radius 1 is 1.80 bits per heavy atom. The molecule has 0 radical (unpaired) electrons. The molecule has 0 aliphatic carbocycles. The van der Waals surface area contributed by atoms with Crippen LogP contribution in [0.25, 0.3) is 0 Å². The van der Waals surface area contributed by atoms with Gasteiger partial charge in [0.25, 0.3) is 0 Å². The molecular weight excluding hydrogens is 162 g/mol. The van der Waals surface area contributed by atoms with E-state index in [-0.39, 0.29) is 0 Å². The van der Waals surface area contributed by atoms with E-state index >= 15 is 0 Å². The number of rotatable bonds is 3. The Morgan fingerprint density at radius 2 is 2.60 bits per heavy atom. The summed E-state index contributed by atoms with van der Waals surface area (Å²) in [4.78, 5) is 2.04. The Labute approximate surface area is 70.3 Å². The third-order valence-electron chi connectivity index (χ3n) is 1.26. The van der Waals surface area contributed by atoms with E-state index < -0.39 is 0 Å². The molecule has 0 saturated heterocycles. The predicted octanol–water partition coefficient (Wildman–Crippen LogP) is 2.53. The molecule has 10 heavy (non-hydrogen) atoms. The zero-order chi connectivity index (χ0) is 7.40. The lowest BCUT2D eigenvalue weighted by Gasteiger charge is -2.12. The monoisotopic (exact) mass is 171 g/mol. The molecule has 0 saturated carbocycles. The van der Waals surface area contributed by atoms with Crippen LogP contribution in [-0.2, 0) is 0 Å². The van der Waals surface area contributed by atoms with E-state index in [1.165, 1.54) is 5.00 Å². The van der Waals surface area contributed by atoms with Gasteiger partial charge in [0, 0.05) is 6.54 Å². The number of anilines is 1. The van der Waals surface area contributed by atoms with Crippen molar-refractivity contribution in [3.05, 3.63) is 17.5 Å². The Balaban J connectivity index is 2.73. The third kappa shape index (κ3) is 1.55. The van der Waals surface area contributed by atoms with Gasteiger partial charge in [-0.2, -0.15) is 0 Å². The Bertz CT molecular complexity index is 193. The minimum absolute atomic E-state index is 0.948. The van der Waals surface area contributed by atoms with Crippen molar-refractivity contribution in [2.24, 2.45) is 0 Å². The van der Waals surface area contributed by atoms with Crippen LogP contribution < -0.4 is 4.90 Å². The van der Waals surface area contributed by atoms with Gasteiger partial charge in [-0.15, -0.1) is 11.3 Å². The molecule has 0 aliphatic heterocycles. The molecule has 1 aromatic heterocycles. The molecule has 0 aliphatic rings. The van der Waals surface area contributed by atoms with Gasteiger partial charge in [-0.3, -0.25) is 0 Å². The van der Waals surface area contributed by atoms with E-state index in [0.717, 1.165) is 6.54 Å². The lowest BCUT2D eigenvalue weighted by Crippen LogP contribution is -2.17. The first-order chi connectivity index (χ1) is 4.88. The van der Waals surface area contributed by atoms with Gasteiger partial charge in [-0.25, -0.2) is 0 Å². The highest BCUT2D eigenvalue weighted by atomic mass is 32.1. The van der Waals surface area contributed by atoms with Crippen molar-refractivity contribution in [1.29, 1.82) is 0 Å². The molecule has 0 amide bonds. The number of nitrogens with zero attached hydrogens (tertiary/aromatic N) is 1. The minimum Gasteiger partial charge on any atom is -0.331 e. The molecule has 0 atom stereocenters. The summed E-state index contributed by atoms with van der Waals surface area (Å²) in [6.45, 7) is 3.03. The summed E-state index contributed by atoms with van der Waals surface area (Å²) in [5.41, 5.74) is 1.69. The summed E-state index contributed by atoms with van der Waals surface area (Å²) in [6, 6.07) is 4.10. The van der Waals surface area contributed by atoms with Gasteiger partial charge < -0.3 is 4.90 Å². The van der Waals surface area contributed by atoms with Crippen molar-refractivity contribution in [1.82, 2.24) is 0 Å². The number of thiophene rings is 1. The molecule has 54 valence electrons. The van der Waals surface area contributed by atoms with Crippen LogP contribution >= 0.6 is 23.6 Å². The van der Waals surface area contributed by atoms with Crippen LogP contribution in [0, 0.1) is 0 Å². The van der Waals surface area contributed by atoms with E-state index in [1.807, 2.05) is 11.0 Å². The molecule has 1 nitrogen and oxygen atoms in total. The average molecular weight is 171 g/mol. The second-order valence-corrected chi connectivity index (χ2v) is 2.98. The van der Waals surface area contributed by atoms with Crippen LogP contribution in [0.15, 0.2) is 17.5 Å². The molecular formula is C7H9NS2. The molecule has 0 fully saturated rings. The first kappa shape index (κ1) is 7.69. The predicted molar refractivity (Wildman–Crippen MR) is 51.0 cm³/mol. The largest absolute Gasteiger partial charge is 0.331 e. The maximum Gasteiger partial charge on any atom is 0.0954 e. The van der Waals surface area contributed by atoms with Crippen molar-refractivity contribution >= 4 is 34.0 Å². The highest BCUT2D eigenvalue weighted by Gasteiger charge is 1.98. The first-order valence-corrected chi connectivity index (χ1v) is 4.49. The fourth-order valence-corrected chi connectivity index (χ4v) is 1.82. The van der Waals surface area contributed by atoms with Crippen molar-refractivity contribution in [2.45, 2.75) is 6.92 Å². The average Bonchev–Trinajstić information content (AvgIpc) is 2.43. The number of thiocarbonyl (C=S) groups is 1. The molecule has 0 unspecified atom stereocenters. The fraction of sp³-hybridized carbons (Fsp3) is 0.286. The smallest absolute Gasteiger partial charge is 0.0954 e. The first-order valence-electron chi connectivity index (χ1n) is 3.14. The second kappa shape index (κ2) is 3.68. The van der Waals surface area contributed by atoms with Gasteiger partial charge in [0.2, 0.25) is 0 Å². The Kier molecular flexibility index (Phi) is 2.83. The summed E-state index contributed by atoms with van der Waals surface area (Å²) in [7, 11) is 0. The van der Waals surface area contributed by atoms with Crippen LogP contribution in [-0.4, -0.2) is 12.0 Å². The summed E-state index contributed by atoms with van der Waals surface area (Å²) < 4.78 is 0. The number of hydrogen-bond acceptors (Lipinski definition) is 2.